The average Bonchev–Trinajstić information content (AvgIpc) is 2.95. The first-order chi connectivity index (χ1) is 19.5. The number of nitrogens with zero attached hydrogens (tertiary/aromatic N) is 2. The maximum atomic E-state index is 14.0. The molecule has 0 heterocycles. The Morgan fingerprint density at radius 3 is 2.22 bits per heavy atom. The maximum Gasteiger partial charge on any atom is 0.264 e. The molecule has 2 amide bonds. The van der Waals surface area contributed by atoms with Crippen molar-refractivity contribution in [2.45, 2.75) is 76.4 Å². The lowest BCUT2D eigenvalue weighted by atomic mass is 9.95. The van der Waals surface area contributed by atoms with Crippen LogP contribution >= 0.6 is 0 Å². The Morgan fingerprint density at radius 1 is 0.927 bits per heavy atom. The standard InChI is InChI=1S/C32H38FN3O4S/c1-23-12-16-29(17-13-23)36(41(39,40)30-18-14-27(33)15-19-30)22-31(37)35(21-26-9-7-8-24(2)20-26)25(3)32(38)34-28-10-5-4-6-11-28/h7-9,12-20,25,28H,4-6,10-11,21-22H2,1-3H3,(H,34,38)/t25-/m0/s1. The molecule has 41 heavy (non-hydrogen) atoms. The fourth-order valence-corrected chi connectivity index (χ4v) is 6.55. The summed E-state index contributed by atoms with van der Waals surface area (Å²) in [5.74, 6) is -1.35. The third kappa shape index (κ3) is 7.73. The predicted molar refractivity (Wildman–Crippen MR) is 158 cm³/mol. The van der Waals surface area contributed by atoms with Crippen molar-refractivity contribution < 1.29 is 22.4 Å². The highest BCUT2D eigenvalue weighted by molar-refractivity contribution is 7.92. The Morgan fingerprint density at radius 2 is 1.59 bits per heavy atom. The van der Waals surface area contributed by atoms with Crippen LogP contribution in [0.3, 0.4) is 0 Å². The van der Waals surface area contributed by atoms with Gasteiger partial charge in [-0.25, -0.2) is 12.8 Å². The maximum absolute atomic E-state index is 14.0. The molecular formula is C32H38FN3O4S. The first-order valence-electron chi connectivity index (χ1n) is 14.0. The van der Waals surface area contributed by atoms with E-state index in [1.54, 1.807) is 31.2 Å². The Balaban J connectivity index is 1.67. The number of anilines is 1. The molecule has 0 aromatic heterocycles. The molecule has 0 bridgehead atoms. The fraction of sp³-hybridized carbons (Fsp3) is 0.375. The quantitative estimate of drug-likeness (QED) is 0.344. The molecule has 1 saturated carbocycles. The molecule has 1 aliphatic rings. The normalized spacial score (nSPS) is 14.7. The van der Waals surface area contributed by atoms with Crippen LogP contribution < -0.4 is 9.62 Å². The zero-order valence-electron chi connectivity index (χ0n) is 23.8. The van der Waals surface area contributed by atoms with E-state index >= 15 is 0 Å². The Bertz CT molecular complexity index is 1450. The first kappa shape index (κ1) is 30.2. The molecule has 9 heteroatoms. The predicted octanol–water partition coefficient (Wildman–Crippen LogP) is 5.50. The molecule has 7 nitrogen and oxygen atoms in total. The topological polar surface area (TPSA) is 86.8 Å². The summed E-state index contributed by atoms with van der Waals surface area (Å²) in [6.45, 7) is 5.11. The molecule has 4 rings (SSSR count). The number of aryl methyl sites for hydroxylation is 2. The molecule has 3 aromatic carbocycles. The van der Waals surface area contributed by atoms with Crippen molar-refractivity contribution in [2.75, 3.05) is 10.8 Å². The van der Waals surface area contributed by atoms with Crippen LogP contribution in [0, 0.1) is 19.7 Å². The lowest BCUT2D eigenvalue weighted by Crippen LogP contribution is -2.53. The van der Waals surface area contributed by atoms with Gasteiger partial charge in [0.05, 0.1) is 10.6 Å². The van der Waals surface area contributed by atoms with Gasteiger partial charge in [0.2, 0.25) is 11.8 Å². The van der Waals surface area contributed by atoms with E-state index in [1.807, 2.05) is 38.1 Å². The van der Waals surface area contributed by atoms with Crippen LogP contribution in [0.5, 0.6) is 0 Å². The molecule has 218 valence electrons. The van der Waals surface area contributed by atoms with Gasteiger partial charge in [-0.15, -0.1) is 0 Å². The van der Waals surface area contributed by atoms with Crippen molar-refractivity contribution in [1.29, 1.82) is 0 Å². The number of hydrogen-bond acceptors (Lipinski definition) is 4. The van der Waals surface area contributed by atoms with Crippen LogP contribution in [0.2, 0.25) is 0 Å². The molecule has 1 fully saturated rings. The number of hydrogen-bond donors (Lipinski definition) is 1. The van der Waals surface area contributed by atoms with E-state index in [-0.39, 0.29) is 23.4 Å². The molecule has 0 spiro atoms. The highest BCUT2D eigenvalue weighted by Crippen LogP contribution is 2.25. The van der Waals surface area contributed by atoms with Crippen LogP contribution in [-0.4, -0.2) is 43.8 Å². The monoisotopic (exact) mass is 579 g/mol. The summed E-state index contributed by atoms with van der Waals surface area (Å²) in [5, 5.41) is 3.10. The lowest BCUT2D eigenvalue weighted by Gasteiger charge is -2.33. The number of nitrogens with one attached hydrogen (secondary N) is 1. The second-order valence-electron chi connectivity index (χ2n) is 10.8. The van der Waals surface area contributed by atoms with Gasteiger partial charge in [-0.3, -0.25) is 13.9 Å². The smallest absolute Gasteiger partial charge is 0.264 e. The van der Waals surface area contributed by atoms with Crippen molar-refractivity contribution in [3.8, 4) is 0 Å². The summed E-state index contributed by atoms with van der Waals surface area (Å²) in [5.41, 5.74) is 3.06. The van der Waals surface area contributed by atoms with E-state index in [4.69, 9.17) is 0 Å². The van der Waals surface area contributed by atoms with Crippen LogP contribution in [0.1, 0.15) is 55.7 Å². The zero-order chi connectivity index (χ0) is 29.6. The Labute approximate surface area is 242 Å². The molecule has 1 atom stereocenters. The Hall–Kier alpha value is -3.72. The van der Waals surface area contributed by atoms with E-state index in [1.165, 1.54) is 17.0 Å². The zero-order valence-corrected chi connectivity index (χ0v) is 24.7. The van der Waals surface area contributed by atoms with E-state index in [9.17, 15) is 22.4 Å². The van der Waals surface area contributed by atoms with Crippen LogP contribution in [0.15, 0.2) is 77.7 Å². The van der Waals surface area contributed by atoms with Gasteiger partial charge in [-0.1, -0.05) is 66.8 Å². The van der Waals surface area contributed by atoms with Crippen molar-refractivity contribution in [1.82, 2.24) is 10.2 Å². The molecule has 1 N–H and O–H groups in total. The molecule has 0 saturated heterocycles. The van der Waals surface area contributed by atoms with Crippen molar-refractivity contribution in [2.24, 2.45) is 0 Å². The third-order valence-electron chi connectivity index (χ3n) is 7.56. The van der Waals surface area contributed by atoms with E-state index < -0.39 is 34.3 Å². The number of carbonyl (C=O) groups excluding carboxylic acids is 2. The van der Waals surface area contributed by atoms with Gasteiger partial charge in [0.25, 0.3) is 10.0 Å². The second-order valence-corrected chi connectivity index (χ2v) is 12.7. The number of rotatable bonds is 10. The van der Waals surface area contributed by atoms with Gasteiger partial charge >= 0.3 is 0 Å². The van der Waals surface area contributed by atoms with Gasteiger partial charge in [0.1, 0.15) is 18.4 Å². The summed E-state index contributed by atoms with van der Waals surface area (Å²) in [7, 11) is -4.24. The van der Waals surface area contributed by atoms with Gasteiger partial charge in [0, 0.05) is 12.6 Å². The number of halogens is 1. The highest BCUT2D eigenvalue weighted by Gasteiger charge is 2.33. The van der Waals surface area contributed by atoms with Crippen LogP contribution in [-0.2, 0) is 26.2 Å². The number of amides is 2. The number of carbonyl (C=O) groups is 2. The summed E-state index contributed by atoms with van der Waals surface area (Å²) in [6, 6.07) is 18.2. The van der Waals surface area contributed by atoms with Gasteiger partial charge in [0.15, 0.2) is 0 Å². The van der Waals surface area contributed by atoms with E-state index in [2.05, 4.69) is 5.32 Å². The molecule has 3 aromatic rings. The minimum absolute atomic E-state index is 0.0672. The largest absolute Gasteiger partial charge is 0.352 e. The Kier molecular flexibility index (Phi) is 9.81. The third-order valence-corrected chi connectivity index (χ3v) is 9.34. The first-order valence-corrected chi connectivity index (χ1v) is 15.5. The molecule has 0 aliphatic heterocycles. The minimum Gasteiger partial charge on any atom is -0.352 e. The molecular weight excluding hydrogens is 541 g/mol. The fourth-order valence-electron chi connectivity index (χ4n) is 5.13. The molecule has 0 radical (unpaired) electrons. The summed E-state index contributed by atoms with van der Waals surface area (Å²) in [4.78, 5) is 28.7. The van der Waals surface area contributed by atoms with Gasteiger partial charge in [-0.05, 0) is 75.6 Å². The van der Waals surface area contributed by atoms with Crippen LogP contribution in [0.25, 0.3) is 0 Å². The van der Waals surface area contributed by atoms with E-state index in [0.717, 1.165) is 65.2 Å². The van der Waals surface area contributed by atoms with Crippen LogP contribution in [0.4, 0.5) is 10.1 Å². The summed E-state index contributed by atoms with van der Waals surface area (Å²) in [6.07, 6.45) is 5.07. The minimum atomic E-state index is -4.24. The number of sulfonamides is 1. The van der Waals surface area contributed by atoms with Gasteiger partial charge in [-0.2, -0.15) is 0 Å². The number of benzene rings is 3. The average molecular weight is 580 g/mol. The van der Waals surface area contributed by atoms with Gasteiger partial charge < -0.3 is 10.2 Å². The lowest BCUT2D eigenvalue weighted by molar-refractivity contribution is -0.139. The summed E-state index contributed by atoms with van der Waals surface area (Å²) >= 11 is 0. The van der Waals surface area contributed by atoms with E-state index in [0.29, 0.717) is 5.69 Å². The van der Waals surface area contributed by atoms with Crippen molar-refractivity contribution in [3.63, 3.8) is 0 Å². The summed E-state index contributed by atoms with van der Waals surface area (Å²) < 4.78 is 42.3. The van der Waals surface area contributed by atoms with Crippen molar-refractivity contribution >= 4 is 27.5 Å². The molecule has 1 aliphatic carbocycles. The highest BCUT2D eigenvalue weighted by atomic mass is 32.2. The van der Waals surface area contributed by atoms with Crippen molar-refractivity contribution in [3.05, 3.63) is 95.3 Å². The molecule has 0 unspecified atom stereocenters. The second kappa shape index (κ2) is 13.3. The SMILES string of the molecule is Cc1ccc(N(CC(=O)N(Cc2cccc(C)c2)[C@@H](C)C(=O)NC2CCCCC2)S(=O)(=O)c2ccc(F)cc2)cc1.